The van der Waals surface area contributed by atoms with Gasteiger partial charge < -0.3 is 9.84 Å². The van der Waals surface area contributed by atoms with Crippen molar-refractivity contribution >= 4 is 28.3 Å². The first-order valence-electron chi connectivity index (χ1n) is 12.9. The Labute approximate surface area is 202 Å². The summed E-state index contributed by atoms with van der Waals surface area (Å²) in [6, 6.07) is 11.6. The highest BCUT2D eigenvalue weighted by Gasteiger charge is 2.42. The molecule has 33 heavy (non-hydrogen) atoms. The van der Waals surface area contributed by atoms with Crippen molar-refractivity contribution in [3.05, 3.63) is 40.9 Å². The van der Waals surface area contributed by atoms with Gasteiger partial charge in [0, 0.05) is 24.0 Å². The number of fused-ring (bicyclic) bond motifs is 3. The van der Waals surface area contributed by atoms with Gasteiger partial charge in [0.2, 0.25) is 0 Å². The van der Waals surface area contributed by atoms with E-state index in [1.807, 2.05) is 6.07 Å². The van der Waals surface area contributed by atoms with E-state index < -0.39 is 5.97 Å². The molecule has 2 atom stereocenters. The molecular formula is C28H36ClNO3. The van der Waals surface area contributed by atoms with Crippen LogP contribution in [0, 0.1) is 11.8 Å². The Bertz CT molecular complexity index is 986. The number of aliphatic carboxylic acids is 1. The second-order valence-corrected chi connectivity index (χ2v) is 10.9. The maximum atomic E-state index is 11.4. The number of carboxylic acids is 1. The first kappa shape index (κ1) is 23.0. The van der Waals surface area contributed by atoms with E-state index >= 15 is 0 Å². The number of hydrogen-bond acceptors (Lipinski definition) is 3. The molecule has 0 spiro atoms. The molecule has 3 fully saturated rings. The summed E-state index contributed by atoms with van der Waals surface area (Å²) in [5, 5.41) is 12.4. The van der Waals surface area contributed by atoms with E-state index in [0.717, 1.165) is 79.0 Å². The molecule has 0 radical (unpaired) electrons. The Morgan fingerprint density at radius 2 is 1.79 bits per heavy atom. The molecule has 0 aromatic heterocycles. The number of ether oxygens (including phenoxy) is 1. The average Bonchev–Trinajstić information content (AvgIpc) is 3.06. The van der Waals surface area contributed by atoms with Crippen molar-refractivity contribution in [3.63, 3.8) is 0 Å². The molecule has 1 N–H and O–H groups in total. The van der Waals surface area contributed by atoms with E-state index in [9.17, 15) is 9.90 Å². The molecule has 2 aliphatic heterocycles. The van der Waals surface area contributed by atoms with Gasteiger partial charge in [0.25, 0.3) is 0 Å². The molecule has 2 bridgehead atoms. The summed E-state index contributed by atoms with van der Waals surface area (Å²) in [6.07, 6.45) is 11.2. The minimum Gasteiger partial charge on any atom is -0.489 e. The van der Waals surface area contributed by atoms with Crippen molar-refractivity contribution in [2.45, 2.75) is 89.3 Å². The summed E-state index contributed by atoms with van der Waals surface area (Å²) in [5.41, 5.74) is 1.31. The van der Waals surface area contributed by atoms with E-state index in [4.69, 9.17) is 16.3 Å². The van der Waals surface area contributed by atoms with Gasteiger partial charge >= 0.3 is 5.97 Å². The highest BCUT2D eigenvalue weighted by atomic mass is 35.5. The van der Waals surface area contributed by atoms with Gasteiger partial charge in [-0.3, -0.25) is 9.69 Å². The van der Waals surface area contributed by atoms with Crippen LogP contribution in [0.2, 0.25) is 5.02 Å². The summed E-state index contributed by atoms with van der Waals surface area (Å²) in [6.45, 7) is 3.29. The topological polar surface area (TPSA) is 49.8 Å². The number of carbonyl (C=O) groups is 1. The van der Waals surface area contributed by atoms with Gasteiger partial charge in [0.15, 0.2) is 0 Å². The molecule has 2 unspecified atom stereocenters. The number of carboxylic acid groups (broad SMARTS) is 1. The predicted molar refractivity (Wildman–Crippen MR) is 133 cm³/mol. The number of nitrogens with zero attached hydrogens (tertiary/aromatic N) is 1. The molecule has 5 rings (SSSR count). The monoisotopic (exact) mass is 469 g/mol. The third kappa shape index (κ3) is 4.88. The molecule has 2 saturated heterocycles. The third-order valence-corrected chi connectivity index (χ3v) is 8.93. The van der Waals surface area contributed by atoms with Gasteiger partial charge in [0.05, 0.1) is 17.0 Å². The van der Waals surface area contributed by atoms with Crippen LogP contribution in [0.1, 0.15) is 70.3 Å². The summed E-state index contributed by atoms with van der Waals surface area (Å²) in [4.78, 5) is 14.0. The first-order valence-corrected chi connectivity index (χ1v) is 13.3. The van der Waals surface area contributed by atoms with Crippen molar-refractivity contribution in [2.24, 2.45) is 11.8 Å². The minimum atomic E-state index is -0.616. The Kier molecular flexibility index (Phi) is 6.85. The molecule has 0 amide bonds. The Morgan fingerprint density at radius 1 is 1.06 bits per heavy atom. The number of piperidine rings is 1. The highest BCUT2D eigenvalue weighted by Crippen LogP contribution is 2.39. The van der Waals surface area contributed by atoms with Crippen molar-refractivity contribution in [2.75, 3.05) is 6.54 Å². The van der Waals surface area contributed by atoms with Crippen molar-refractivity contribution in [1.82, 2.24) is 4.90 Å². The molecule has 2 aromatic carbocycles. The summed E-state index contributed by atoms with van der Waals surface area (Å²) in [7, 11) is 0. The van der Waals surface area contributed by atoms with Gasteiger partial charge in [-0.2, -0.15) is 0 Å². The van der Waals surface area contributed by atoms with Crippen molar-refractivity contribution < 1.29 is 14.6 Å². The van der Waals surface area contributed by atoms with Gasteiger partial charge in [-0.05, 0) is 80.7 Å². The lowest BCUT2D eigenvalue weighted by molar-refractivity contribution is -0.144. The van der Waals surface area contributed by atoms with Gasteiger partial charge in [0.1, 0.15) is 5.75 Å². The van der Waals surface area contributed by atoms with E-state index in [-0.39, 0.29) is 12.0 Å². The van der Waals surface area contributed by atoms with Gasteiger partial charge in [-0.25, -0.2) is 0 Å². The number of halogens is 1. The largest absolute Gasteiger partial charge is 0.489 e. The molecule has 4 nitrogen and oxygen atoms in total. The van der Waals surface area contributed by atoms with Crippen molar-refractivity contribution in [1.29, 1.82) is 0 Å². The van der Waals surface area contributed by atoms with Crippen LogP contribution >= 0.6 is 11.6 Å². The lowest BCUT2D eigenvalue weighted by Crippen LogP contribution is -2.45. The average molecular weight is 470 g/mol. The lowest BCUT2D eigenvalue weighted by Gasteiger charge is -2.37. The lowest BCUT2D eigenvalue weighted by atomic mass is 9.86. The predicted octanol–water partition coefficient (Wildman–Crippen LogP) is 6.71. The van der Waals surface area contributed by atoms with Crippen LogP contribution in [0.25, 0.3) is 10.8 Å². The fourth-order valence-corrected chi connectivity index (χ4v) is 6.78. The molecule has 178 valence electrons. The number of rotatable bonds is 7. The van der Waals surface area contributed by atoms with Gasteiger partial charge in [-0.1, -0.05) is 49.2 Å². The maximum Gasteiger partial charge on any atom is 0.306 e. The van der Waals surface area contributed by atoms with Crippen LogP contribution < -0.4 is 4.74 Å². The zero-order valence-corrected chi connectivity index (χ0v) is 20.4. The van der Waals surface area contributed by atoms with Crippen LogP contribution in [-0.4, -0.2) is 40.7 Å². The van der Waals surface area contributed by atoms with Crippen LogP contribution in [-0.2, 0) is 11.2 Å². The smallest absolute Gasteiger partial charge is 0.306 e. The normalized spacial score (nSPS) is 29.9. The Hall–Kier alpha value is -1.78. The third-order valence-electron chi connectivity index (χ3n) is 8.54. The summed E-state index contributed by atoms with van der Waals surface area (Å²) >= 11 is 6.77. The molecule has 2 heterocycles. The number of benzene rings is 2. The first-order chi connectivity index (χ1) is 16.0. The SMILES string of the molecule is CCC1CCC(Oc2ccc3cc(CCN4C5CCC4CC(C(=O)O)C5)ccc3c2Cl)CC1. The van der Waals surface area contributed by atoms with Crippen LogP contribution in [0.4, 0.5) is 0 Å². The maximum absolute atomic E-state index is 11.4. The van der Waals surface area contributed by atoms with Crippen LogP contribution in [0.5, 0.6) is 5.75 Å². The van der Waals surface area contributed by atoms with Crippen LogP contribution in [0.15, 0.2) is 30.3 Å². The molecule has 1 aliphatic carbocycles. The summed E-state index contributed by atoms with van der Waals surface area (Å²) in [5.74, 6) is 0.901. The minimum absolute atomic E-state index is 0.153. The Balaban J connectivity index is 1.22. The molecule has 3 aliphatic rings. The highest BCUT2D eigenvalue weighted by molar-refractivity contribution is 6.37. The summed E-state index contributed by atoms with van der Waals surface area (Å²) < 4.78 is 6.32. The molecule has 5 heteroatoms. The fraction of sp³-hybridized carbons (Fsp3) is 0.607. The zero-order valence-electron chi connectivity index (χ0n) is 19.6. The van der Waals surface area contributed by atoms with E-state index in [2.05, 4.69) is 36.1 Å². The standard InChI is InChI=1S/C28H36ClNO3/c1-2-18-3-9-24(10-4-18)33-26-12-6-20-15-19(5-11-25(20)27(26)29)13-14-30-22-7-8-23(30)17-21(16-22)28(31)32/h5-6,11-12,15,18,21-24H,2-4,7-10,13-14,16-17H2,1H3,(H,31,32). The van der Waals surface area contributed by atoms with E-state index in [0.29, 0.717) is 12.1 Å². The number of hydrogen-bond donors (Lipinski definition) is 1. The van der Waals surface area contributed by atoms with Gasteiger partial charge in [-0.15, -0.1) is 0 Å². The Morgan fingerprint density at radius 3 is 2.45 bits per heavy atom. The van der Waals surface area contributed by atoms with E-state index in [1.165, 1.54) is 24.8 Å². The molecular weight excluding hydrogens is 434 g/mol. The molecule has 1 saturated carbocycles. The van der Waals surface area contributed by atoms with Crippen molar-refractivity contribution in [3.8, 4) is 5.75 Å². The van der Waals surface area contributed by atoms with Crippen LogP contribution in [0.3, 0.4) is 0 Å². The second kappa shape index (κ2) is 9.84. The quantitative estimate of drug-likeness (QED) is 0.489. The fourth-order valence-electron chi connectivity index (χ4n) is 6.50. The second-order valence-electron chi connectivity index (χ2n) is 10.5. The molecule has 2 aromatic rings. The zero-order chi connectivity index (χ0) is 22.9. The van der Waals surface area contributed by atoms with E-state index in [1.54, 1.807) is 0 Å².